The van der Waals surface area contributed by atoms with E-state index in [0.717, 1.165) is 51.3 Å². The van der Waals surface area contributed by atoms with E-state index in [1.54, 1.807) is 72.5 Å². The van der Waals surface area contributed by atoms with Crippen LogP contribution in [-0.2, 0) is 39.9 Å². The minimum absolute atomic E-state index is 0.00762. The first kappa shape index (κ1) is 75.9. The number of carbonyl (C=O) groups excluding carboxylic acids is 5. The molecule has 2 aliphatic heterocycles. The van der Waals surface area contributed by atoms with E-state index in [4.69, 9.17) is 14.2 Å². The van der Waals surface area contributed by atoms with Gasteiger partial charge in [-0.1, -0.05) is 138 Å². The minimum atomic E-state index is -0.975. The number of ether oxygens (including phenoxy) is 3. The molecular formula is C69H106N10O12S2. The second-order valence-electron chi connectivity index (χ2n) is 26.8. The van der Waals surface area contributed by atoms with E-state index >= 15 is 0 Å². The summed E-state index contributed by atoms with van der Waals surface area (Å²) in [6.07, 6.45) is 0.00226. The van der Waals surface area contributed by atoms with E-state index in [1.807, 2.05) is 110 Å². The number of aliphatic hydroxyl groups is 1. The van der Waals surface area contributed by atoms with E-state index in [-0.39, 0.29) is 82.5 Å². The molecule has 22 nitrogen and oxygen atoms in total. The highest BCUT2D eigenvalue weighted by molar-refractivity contribution is 8.77. The molecule has 4 aromatic rings. The van der Waals surface area contributed by atoms with Crippen molar-refractivity contribution in [2.24, 2.45) is 23.7 Å². The number of carbonyl (C=O) groups is 5. The first-order valence-electron chi connectivity index (χ1n) is 32.9. The summed E-state index contributed by atoms with van der Waals surface area (Å²) >= 11 is 0. The van der Waals surface area contributed by atoms with Crippen molar-refractivity contribution in [3.8, 4) is 34.6 Å². The van der Waals surface area contributed by atoms with Gasteiger partial charge in [-0.05, 0) is 105 Å². The largest absolute Gasteiger partial charge is 0.508 e. The number of rotatable bonds is 33. The van der Waals surface area contributed by atoms with Crippen LogP contribution in [-0.4, -0.2) is 217 Å². The van der Waals surface area contributed by atoms with Gasteiger partial charge in [-0.15, -0.1) is 5.10 Å². The Bertz CT molecular complexity index is 3060. The summed E-state index contributed by atoms with van der Waals surface area (Å²) in [5, 5.41) is 56.8. The summed E-state index contributed by atoms with van der Waals surface area (Å²) in [6.45, 7) is 29.3. The Morgan fingerprint density at radius 1 is 0.785 bits per heavy atom. The highest BCUT2D eigenvalue weighted by Crippen LogP contribution is 2.40. The molecule has 2 aliphatic rings. The number of hydrogen-bond acceptors (Lipinski definition) is 18. The van der Waals surface area contributed by atoms with Gasteiger partial charge in [0.1, 0.15) is 30.2 Å². The van der Waals surface area contributed by atoms with Crippen LogP contribution < -0.4 is 10.6 Å². The lowest BCUT2D eigenvalue weighted by Gasteiger charge is -2.41. The fourth-order valence-corrected chi connectivity index (χ4v) is 15.1. The number of phenols is 2. The lowest BCUT2D eigenvalue weighted by Crippen LogP contribution is -2.60. The summed E-state index contributed by atoms with van der Waals surface area (Å²) in [6, 6.07) is 16.2. The summed E-state index contributed by atoms with van der Waals surface area (Å²) in [5.41, 5.74) is 3.44. The van der Waals surface area contributed by atoms with E-state index < -0.39 is 66.4 Å². The topological polar surface area (TPSA) is 265 Å². The third-order valence-electron chi connectivity index (χ3n) is 18.5. The minimum Gasteiger partial charge on any atom is -0.508 e. The van der Waals surface area contributed by atoms with Gasteiger partial charge in [-0.3, -0.25) is 29.0 Å². The summed E-state index contributed by atoms with van der Waals surface area (Å²) in [5.74, 6) is -2.17. The zero-order valence-corrected chi connectivity index (χ0v) is 59.3. The molecule has 0 spiro atoms. The smallest absolute Gasteiger partial charge is 0.410 e. The maximum absolute atomic E-state index is 14.8. The van der Waals surface area contributed by atoms with Crippen LogP contribution in [0, 0.1) is 23.7 Å². The van der Waals surface area contributed by atoms with Crippen molar-refractivity contribution < 1.29 is 58.6 Å². The van der Waals surface area contributed by atoms with Crippen molar-refractivity contribution in [3.63, 3.8) is 0 Å². The van der Waals surface area contributed by atoms with Gasteiger partial charge in [0.2, 0.25) is 23.6 Å². The molecule has 3 heterocycles. The number of nitrogens with one attached hydrogen (secondary N) is 2. The van der Waals surface area contributed by atoms with Crippen LogP contribution >= 0.6 is 21.6 Å². The molecular weight excluding hydrogens is 1220 g/mol. The normalized spacial score (nSPS) is 17.9. The molecule has 93 heavy (non-hydrogen) atoms. The second kappa shape index (κ2) is 35.0. The number of amides is 5. The van der Waals surface area contributed by atoms with Crippen molar-refractivity contribution in [2.75, 3.05) is 79.9 Å². The lowest BCUT2D eigenvalue weighted by atomic mass is 9.89. The molecule has 0 aliphatic carbocycles. The van der Waals surface area contributed by atoms with Gasteiger partial charge < -0.3 is 60.0 Å². The van der Waals surface area contributed by atoms with E-state index in [0.29, 0.717) is 53.9 Å². The molecule has 3 aromatic carbocycles. The molecule has 516 valence electrons. The molecule has 10 atom stereocenters. The summed E-state index contributed by atoms with van der Waals surface area (Å²) < 4.78 is 19.3. The molecule has 0 saturated carbocycles. The highest BCUT2D eigenvalue weighted by atomic mass is 33.1. The quantitative estimate of drug-likeness (QED) is 0.0192. The van der Waals surface area contributed by atoms with Crippen molar-refractivity contribution in [2.45, 2.75) is 181 Å². The van der Waals surface area contributed by atoms with Crippen LogP contribution in [0.5, 0.6) is 17.5 Å². The number of benzene rings is 3. The summed E-state index contributed by atoms with van der Waals surface area (Å²) in [7, 11) is 9.71. The number of hydrogen-bond donors (Lipinski definition) is 6. The Morgan fingerprint density at radius 3 is 2.04 bits per heavy atom. The SMILES string of the molecule is CC[C@H](C)[C@@H]([C@@H](CC(=O)N1CCC[C@H]1[C@H](OC)[C@@H](C)C(=O)N[C@H](C)C(O)c1ccccc1)OC)N(C)C(=O)[C@@H](NC(=O)[C@H](C(C)C)N(C)C(=O)OCCSSC(C)(C)CCN1CCN(Cc2ccc(-n3c(O)nnc3-c3cc(C(C)C)c(O)cc3O)cc2)CC1)C(C)C. The Hall–Kier alpha value is -6.15. The number of aromatic nitrogens is 3. The molecule has 1 unspecified atom stereocenters. The predicted octanol–water partition coefficient (Wildman–Crippen LogP) is 9.23. The Morgan fingerprint density at radius 2 is 1.44 bits per heavy atom. The molecule has 2 saturated heterocycles. The Labute approximate surface area is 559 Å². The predicted molar refractivity (Wildman–Crippen MR) is 366 cm³/mol. The molecule has 24 heteroatoms. The van der Waals surface area contributed by atoms with E-state index in [1.165, 1.54) is 22.6 Å². The molecule has 5 amide bonds. The third kappa shape index (κ3) is 20.0. The number of nitrogens with zero attached hydrogens (tertiary/aromatic N) is 8. The van der Waals surface area contributed by atoms with Crippen molar-refractivity contribution in [3.05, 3.63) is 83.4 Å². The maximum atomic E-state index is 14.8. The molecule has 6 rings (SSSR count). The standard InChI is InChI=1S/C69H106N10O12S2/c1-17-45(8)60(56(89-15)40-57(82)78-30-21-24-53(78)62(90-16)46(9)64(84)70-47(10)61(83)49-22-19-18-20-23-49)74(13)66(86)58(43(4)5)71-65(85)59(44(6)7)75(14)68(88)91-36-37-92-93-69(11,12)29-31-76-32-34-77(35-33-76)41-48-25-27-50(28-26-48)79-63(72-73-67(79)87)52-38-51(42(2)3)54(80)39-55(52)81/h18-20,22-23,25-28,38-39,42-47,53,56,58-62,80-81,83H,17,21,24,29-37,40-41H2,1-16H3,(H,70,84)(H,71,85)(H,73,87)/t45-,46+,47+,53-,56+,58-,59-,60-,61?,62+/m0/s1. The highest BCUT2D eigenvalue weighted by Gasteiger charge is 2.44. The van der Waals surface area contributed by atoms with Gasteiger partial charge in [0.15, 0.2) is 5.82 Å². The Balaban J connectivity index is 0.945. The van der Waals surface area contributed by atoms with Gasteiger partial charge in [0, 0.05) is 84.1 Å². The number of likely N-dealkylation sites (tertiary alicyclic amines) is 1. The first-order chi connectivity index (χ1) is 44.0. The fraction of sp³-hybridized carbons (Fsp3) is 0.638. The third-order valence-corrected chi connectivity index (χ3v) is 21.8. The van der Waals surface area contributed by atoms with Gasteiger partial charge in [0.05, 0.1) is 60.0 Å². The Kier molecular flexibility index (Phi) is 28.6. The van der Waals surface area contributed by atoms with Gasteiger partial charge >= 0.3 is 12.1 Å². The van der Waals surface area contributed by atoms with Crippen LogP contribution in [0.4, 0.5) is 4.79 Å². The van der Waals surface area contributed by atoms with E-state index in [2.05, 4.69) is 44.5 Å². The number of phenolic OH excluding ortho intramolecular Hbond substituents is 2. The van der Waals surface area contributed by atoms with Gasteiger partial charge in [-0.2, -0.15) is 0 Å². The summed E-state index contributed by atoms with van der Waals surface area (Å²) in [4.78, 5) is 80.6. The number of piperazine rings is 1. The average molecular weight is 1330 g/mol. The van der Waals surface area contributed by atoms with Gasteiger partial charge in [0.25, 0.3) is 0 Å². The van der Waals surface area contributed by atoms with Crippen LogP contribution in [0.1, 0.15) is 144 Å². The zero-order chi connectivity index (χ0) is 68.6. The monoisotopic (exact) mass is 1330 g/mol. The van der Waals surface area contributed by atoms with Gasteiger partial charge in [-0.25, -0.2) is 9.36 Å². The number of likely N-dealkylation sites (N-methyl/N-ethyl adjacent to an activating group) is 2. The van der Waals surface area contributed by atoms with Crippen LogP contribution in [0.25, 0.3) is 17.1 Å². The van der Waals surface area contributed by atoms with Crippen LogP contribution in [0.3, 0.4) is 0 Å². The van der Waals surface area contributed by atoms with Crippen molar-refractivity contribution in [1.82, 2.24) is 49.9 Å². The molecule has 6 N–H and O–H groups in total. The van der Waals surface area contributed by atoms with Crippen LogP contribution in [0.2, 0.25) is 0 Å². The number of aliphatic hydroxyl groups excluding tert-OH is 1. The van der Waals surface area contributed by atoms with Crippen molar-refractivity contribution >= 4 is 51.3 Å². The molecule has 0 bridgehead atoms. The zero-order valence-electron chi connectivity index (χ0n) is 57.7. The molecule has 1 aromatic heterocycles. The average Bonchev–Trinajstić information content (AvgIpc) is 1.76. The fourth-order valence-electron chi connectivity index (χ4n) is 12.7. The number of aromatic hydroxyl groups is 3. The molecule has 0 radical (unpaired) electrons. The first-order valence-corrected chi connectivity index (χ1v) is 35.3. The van der Waals surface area contributed by atoms with E-state index in [9.17, 15) is 44.4 Å². The molecule has 2 fully saturated rings. The number of methoxy groups -OCH3 is 2. The van der Waals surface area contributed by atoms with Crippen LogP contribution in [0.15, 0.2) is 66.7 Å². The van der Waals surface area contributed by atoms with Crippen molar-refractivity contribution in [1.29, 1.82) is 0 Å². The maximum Gasteiger partial charge on any atom is 0.410 e. The second-order valence-corrected chi connectivity index (χ2v) is 30.0. The lowest BCUT2D eigenvalue weighted by molar-refractivity contribution is -0.148.